The molecule has 7 nitrogen and oxygen atoms in total. The van der Waals surface area contributed by atoms with Gasteiger partial charge in [0.1, 0.15) is 11.5 Å². The number of amides is 1. The van der Waals surface area contributed by atoms with Crippen molar-refractivity contribution >= 4 is 5.91 Å². The van der Waals surface area contributed by atoms with E-state index in [1.54, 1.807) is 6.20 Å². The summed E-state index contributed by atoms with van der Waals surface area (Å²) in [5.74, 6) is -1.92. The van der Waals surface area contributed by atoms with Gasteiger partial charge < -0.3 is 10.1 Å². The van der Waals surface area contributed by atoms with Gasteiger partial charge in [-0.25, -0.2) is 24.3 Å². The van der Waals surface area contributed by atoms with Crippen LogP contribution in [0.5, 0.6) is 5.75 Å². The normalized spacial score (nSPS) is 18.6. The molecule has 1 amide bonds. The maximum absolute atomic E-state index is 13.6. The van der Waals surface area contributed by atoms with E-state index < -0.39 is 11.6 Å². The topological polar surface area (TPSA) is 80.2 Å². The number of nitrogens with zero attached hydrogens (tertiary/aromatic N) is 2. The summed E-state index contributed by atoms with van der Waals surface area (Å²) in [5.41, 5.74) is 7.55. The van der Waals surface area contributed by atoms with Crippen LogP contribution >= 0.6 is 0 Å². The van der Waals surface area contributed by atoms with Crippen molar-refractivity contribution in [3.05, 3.63) is 83.7 Å². The lowest BCUT2D eigenvalue weighted by molar-refractivity contribution is 0.0925. The second kappa shape index (κ2) is 8.38. The summed E-state index contributed by atoms with van der Waals surface area (Å²) >= 11 is 0. The van der Waals surface area contributed by atoms with Gasteiger partial charge in [-0.3, -0.25) is 4.79 Å². The Morgan fingerprint density at radius 1 is 1.17 bits per heavy atom. The standard InChI is InChI=1S/C20H19F2N5O2/c21-14-6-7-18(15(22)10-14)29-12-27-9-8-16(26-27)20(28)23-19-11-17(24-25-19)13-4-2-1-3-5-13/h1-10,17,19,24-25H,11-12H2,(H,23,28). The molecule has 1 saturated heterocycles. The SMILES string of the molecule is O=C(NC1CC(c2ccccc2)NN1)c1ccn(COc2ccc(F)cc2F)n1. The van der Waals surface area contributed by atoms with Crippen LogP contribution < -0.4 is 20.9 Å². The van der Waals surface area contributed by atoms with Gasteiger partial charge in [-0.1, -0.05) is 30.3 Å². The molecule has 2 aromatic carbocycles. The van der Waals surface area contributed by atoms with Gasteiger partial charge in [-0.15, -0.1) is 0 Å². The van der Waals surface area contributed by atoms with E-state index in [-0.39, 0.29) is 36.3 Å². The van der Waals surface area contributed by atoms with Crippen LogP contribution in [0.15, 0.2) is 60.8 Å². The zero-order valence-corrected chi connectivity index (χ0v) is 15.3. The number of ether oxygens (including phenoxy) is 1. The minimum atomic E-state index is -0.803. The predicted octanol–water partition coefficient (Wildman–Crippen LogP) is 2.49. The Bertz CT molecular complexity index is 996. The van der Waals surface area contributed by atoms with Crippen molar-refractivity contribution in [2.75, 3.05) is 0 Å². The first-order chi connectivity index (χ1) is 14.1. The Morgan fingerprint density at radius 3 is 2.79 bits per heavy atom. The molecule has 2 heterocycles. The highest BCUT2D eigenvalue weighted by Crippen LogP contribution is 2.21. The van der Waals surface area contributed by atoms with E-state index in [9.17, 15) is 13.6 Å². The highest BCUT2D eigenvalue weighted by Gasteiger charge is 2.26. The summed E-state index contributed by atoms with van der Waals surface area (Å²) in [6, 6.07) is 14.6. The third-order valence-electron chi connectivity index (χ3n) is 4.53. The van der Waals surface area contributed by atoms with E-state index in [1.165, 1.54) is 16.8 Å². The summed E-state index contributed by atoms with van der Waals surface area (Å²) in [6.45, 7) is -0.116. The van der Waals surface area contributed by atoms with Gasteiger partial charge >= 0.3 is 0 Å². The highest BCUT2D eigenvalue weighted by molar-refractivity contribution is 5.92. The van der Waals surface area contributed by atoms with Gasteiger partial charge in [-0.05, 0) is 23.8 Å². The minimum absolute atomic E-state index is 0.0954. The van der Waals surface area contributed by atoms with Crippen LogP contribution in [-0.2, 0) is 6.73 Å². The molecule has 0 saturated carbocycles. The van der Waals surface area contributed by atoms with Gasteiger partial charge in [0, 0.05) is 24.7 Å². The number of nitrogens with one attached hydrogen (secondary N) is 3. The molecule has 1 aliphatic heterocycles. The van der Waals surface area contributed by atoms with E-state index in [0.29, 0.717) is 6.42 Å². The van der Waals surface area contributed by atoms with Crippen LogP contribution in [-0.4, -0.2) is 21.9 Å². The largest absolute Gasteiger partial charge is 0.468 e. The van der Waals surface area contributed by atoms with Crippen molar-refractivity contribution in [1.29, 1.82) is 0 Å². The fourth-order valence-electron chi connectivity index (χ4n) is 3.07. The quantitative estimate of drug-likeness (QED) is 0.594. The number of hydrogen-bond donors (Lipinski definition) is 3. The molecular weight excluding hydrogens is 380 g/mol. The van der Waals surface area contributed by atoms with E-state index in [1.807, 2.05) is 30.3 Å². The van der Waals surface area contributed by atoms with E-state index in [0.717, 1.165) is 17.7 Å². The van der Waals surface area contributed by atoms with Gasteiger partial charge in [0.25, 0.3) is 5.91 Å². The first kappa shape index (κ1) is 19.0. The summed E-state index contributed by atoms with van der Waals surface area (Å²) in [4.78, 5) is 12.4. The first-order valence-corrected chi connectivity index (χ1v) is 9.06. The molecule has 0 radical (unpaired) electrons. The number of benzene rings is 2. The molecule has 1 fully saturated rings. The molecule has 2 atom stereocenters. The number of aromatic nitrogens is 2. The lowest BCUT2D eigenvalue weighted by atomic mass is 10.0. The Labute approximate surface area is 165 Å². The number of rotatable bonds is 6. The fourth-order valence-corrected chi connectivity index (χ4v) is 3.07. The molecule has 1 aromatic heterocycles. The second-order valence-corrected chi connectivity index (χ2v) is 6.60. The molecule has 4 rings (SSSR count). The van der Waals surface area contributed by atoms with Crippen molar-refractivity contribution in [3.63, 3.8) is 0 Å². The van der Waals surface area contributed by atoms with Crippen LogP contribution in [0.25, 0.3) is 0 Å². The summed E-state index contributed by atoms with van der Waals surface area (Å²) in [6.07, 6.45) is 1.98. The van der Waals surface area contributed by atoms with Crippen molar-refractivity contribution < 1.29 is 18.3 Å². The number of carbonyl (C=O) groups excluding carboxylic acids is 1. The van der Waals surface area contributed by atoms with Crippen molar-refractivity contribution in [2.24, 2.45) is 0 Å². The average molecular weight is 399 g/mol. The highest BCUT2D eigenvalue weighted by atomic mass is 19.1. The van der Waals surface area contributed by atoms with Crippen molar-refractivity contribution in [1.82, 2.24) is 25.9 Å². The van der Waals surface area contributed by atoms with Gasteiger partial charge in [0.05, 0.1) is 6.17 Å². The molecule has 9 heteroatoms. The Kier molecular flexibility index (Phi) is 5.50. The monoisotopic (exact) mass is 399 g/mol. The van der Waals surface area contributed by atoms with Crippen molar-refractivity contribution in [2.45, 2.75) is 25.4 Å². The number of carbonyl (C=O) groups is 1. The molecule has 29 heavy (non-hydrogen) atoms. The Hall–Kier alpha value is -3.30. The average Bonchev–Trinajstić information content (AvgIpc) is 3.38. The molecule has 3 aromatic rings. The molecular formula is C20H19F2N5O2. The first-order valence-electron chi connectivity index (χ1n) is 9.06. The van der Waals surface area contributed by atoms with Crippen LogP contribution in [0.4, 0.5) is 8.78 Å². The predicted molar refractivity (Wildman–Crippen MR) is 101 cm³/mol. The minimum Gasteiger partial charge on any atom is -0.468 e. The maximum atomic E-state index is 13.6. The third kappa shape index (κ3) is 4.58. The number of hydrazine groups is 1. The lowest BCUT2D eigenvalue weighted by Gasteiger charge is -2.11. The molecule has 1 aliphatic rings. The van der Waals surface area contributed by atoms with Crippen LogP contribution in [0, 0.1) is 11.6 Å². The van der Waals surface area contributed by atoms with E-state index in [4.69, 9.17) is 4.74 Å². The number of hydrogen-bond acceptors (Lipinski definition) is 5. The lowest BCUT2D eigenvalue weighted by Crippen LogP contribution is -2.44. The molecule has 0 aliphatic carbocycles. The second-order valence-electron chi connectivity index (χ2n) is 6.60. The molecule has 0 bridgehead atoms. The summed E-state index contributed by atoms with van der Waals surface area (Å²) in [7, 11) is 0. The zero-order chi connectivity index (χ0) is 20.2. The summed E-state index contributed by atoms with van der Waals surface area (Å²) in [5, 5.41) is 6.99. The molecule has 0 spiro atoms. The van der Waals surface area contributed by atoms with Crippen molar-refractivity contribution in [3.8, 4) is 5.75 Å². The molecule has 2 unspecified atom stereocenters. The molecule has 150 valence electrons. The Morgan fingerprint density at radius 2 is 2.00 bits per heavy atom. The summed E-state index contributed by atoms with van der Waals surface area (Å²) < 4.78 is 33.1. The molecule has 3 N–H and O–H groups in total. The van der Waals surface area contributed by atoms with E-state index >= 15 is 0 Å². The smallest absolute Gasteiger partial charge is 0.273 e. The Balaban J connectivity index is 1.30. The van der Waals surface area contributed by atoms with Gasteiger partial charge in [0.15, 0.2) is 18.3 Å². The van der Waals surface area contributed by atoms with Crippen LogP contribution in [0.1, 0.15) is 28.5 Å². The van der Waals surface area contributed by atoms with Gasteiger partial charge in [0.2, 0.25) is 0 Å². The fraction of sp³-hybridized carbons (Fsp3) is 0.200. The zero-order valence-electron chi connectivity index (χ0n) is 15.3. The third-order valence-corrected chi connectivity index (χ3v) is 4.53. The van der Waals surface area contributed by atoms with E-state index in [2.05, 4.69) is 21.3 Å². The van der Waals surface area contributed by atoms with Gasteiger partial charge in [-0.2, -0.15) is 5.10 Å². The maximum Gasteiger partial charge on any atom is 0.273 e. The van der Waals surface area contributed by atoms with Crippen LogP contribution in [0.3, 0.4) is 0 Å². The number of halogens is 2. The van der Waals surface area contributed by atoms with Crippen LogP contribution in [0.2, 0.25) is 0 Å².